The molecule has 0 fully saturated rings. The van der Waals surface area contributed by atoms with Crippen LogP contribution in [0.25, 0.3) is 6.08 Å². The normalized spacial score (nSPS) is 10.9. The van der Waals surface area contributed by atoms with E-state index in [4.69, 9.17) is 4.74 Å². The fourth-order valence-corrected chi connectivity index (χ4v) is 1.29. The van der Waals surface area contributed by atoms with Crippen LogP contribution < -0.4 is 0 Å². The number of aromatic nitrogens is 2. The van der Waals surface area contributed by atoms with Crippen LogP contribution in [0, 0.1) is 0 Å². The van der Waals surface area contributed by atoms with E-state index in [1.165, 1.54) is 6.08 Å². The van der Waals surface area contributed by atoms with Crippen LogP contribution in [-0.4, -0.2) is 22.1 Å². The quantitative estimate of drug-likeness (QED) is 0.557. The largest absolute Gasteiger partial charge is 0.463 e. The molecule has 0 aliphatic rings. The molecule has 82 valence electrons. The van der Waals surface area contributed by atoms with Gasteiger partial charge in [0.25, 0.3) is 0 Å². The fourth-order valence-electron chi connectivity index (χ4n) is 1.29. The molecule has 0 aromatic carbocycles. The first-order valence-corrected chi connectivity index (χ1v) is 5.04. The van der Waals surface area contributed by atoms with Crippen LogP contribution in [0.1, 0.15) is 25.4 Å². The van der Waals surface area contributed by atoms with E-state index in [0.29, 0.717) is 6.61 Å². The van der Waals surface area contributed by atoms with Crippen LogP contribution in [-0.2, 0) is 23.0 Å². The molecule has 4 nitrogen and oxygen atoms in total. The molecule has 15 heavy (non-hydrogen) atoms. The minimum Gasteiger partial charge on any atom is -0.463 e. The van der Waals surface area contributed by atoms with Crippen LogP contribution in [0.15, 0.2) is 12.3 Å². The van der Waals surface area contributed by atoms with Gasteiger partial charge >= 0.3 is 5.97 Å². The Balaban J connectivity index is 2.72. The maximum absolute atomic E-state index is 11.1. The minimum absolute atomic E-state index is 0.322. The molecule has 0 aliphatic carbocycles. The summed E-state index contributed by atoms with van der Waals surface area (Å²) in [7, 11) is 1.93. The van der Waals surface area contributed by atoms with Crippen molar-refractivity contribution in [2.24, 2.45) is 7.05 Å². The van der Waals surface area contributed by atoms with Gasteiger partial charge in [0.1, 0.15) is 5.82 Å². The van der Waals surface area contributed by atoms with Crippen LogP contribution in [0.2, 0.25) is 0 Å². The van der Waals surface area contributed by atoms with E-state index >= 15 is 0 Å². The first kappa shape index (κ1) is 11.5. The van der Waals surface area contributed by atoms with Crippen molar-refractivity contribution in [1.29, 1.82) is 0 Å². The second-order valence-electron chi connectivity index (χ2n) is 3.10. The van der Waals surface area contributed by atoms with E-state index in [9.17, 15) is 4.79 Å². The van der Waals surface area contributed by atoms with Crippen LogP contribution in [0.3, 0.4) is 0 Å². The van der Waals surface area contributed by atoms with Crippen LogP contribution in [0.5, 0.6) is 0 Å². The number of aryl methyl sites for hydroxylation is 1. The minimum atomic E-state index is -0.322. The van der Waals surface area contributed by atoms with Gasteiger partial charge in [-0.2, -0.15) is 0 Å². The van der Waals surface area contributed by atoms with Crippen LogP contribution in [0.4, 0.5) is 0 Å². The number of imidazole rings is 1. The number of rotatable bonds is 4. The highest BCUT2D eigenvalue weighted by atomic mass is 16.5. The summed E-state index contributed by atoms with van der Waals surface area (Å²) in [5.41, 5.74) is 0.903. The molecular formula is C11H16N2O2. The monoisotopic (exact) mass is 208 g/mol. The summed E-state index contributed by atoms with van der Waals surface area (Å²) in [6, 6.07) is 0. The van der Waals surface area contributed by atoms with Crippen molar-refractivity contribution in [3.05, 3.63) is 23.8 Å². The Kier molecular flexibility index (Phi) is 4.09. The Labute approximate surface area is 89.6 Å². The lowest BCUT2D eigenvalue weighted by molar-refractivity contribution is -0.137. The van der Waals surface area contributed by atoms with Crippen molar-refractivity contribution in [1.82, 2.24) is 9.55 Å². The Hall–Kier alpha value is -1.58. The molecule has 0 N–H and O–H groups in total. The number of hydrogen-bond donors (Lipinski definition) is 0. The average Bonchev–Trinajstić information content (AvgIpc) is 2.57. The molecule has 0 radical (unpaired) electrons. The molecular weight excluding hydrogens is 192 g/mol. The second-order valence-corrected chi connectivity index (χ2v) is 3.10. The summed E-state index contributed by atoms with van der Waals surface area (Å²) in [4.78, 5) is 15.3. The third-order valence-electron chi connectivity index (χ3n) is 2.11. The molecule has 1 aromatic heterocycles. The van der Waals surface area contributed by atoms with Gasteiger partial charge in [-0.25, -0.2) is 9.78 Å². The molecule has 0 amide bonds. The smallest absolute Gasteiger partial charge is 0.330 e. The summed E-state index contributed by atoms with van der Waals surface area (Å²) in [6.45, 7) is 4.22. The van der Waals surface area contributed by atoms with Gasteiger partial charge in [-0.05, 0) is 13.0 Å². The predicted molar refractivity (Wildman–Crippen MR) is 58.3 cm³/mol. The van der Waals surface area contributed by atoms with E-state index < -0.39 is 0 Å². The van der Waals surface area contributed by atoms with Crippen molar-refractivity contribution in [3.63, 3.8) is 0 Å². The molecule has 4 heteroatoms. The van der Waals surface area contributed by atoms with E-state index in [-0.39, 0.29) is 5.97 Å². The highest BCUT2D eigenvalue weighted by Crippen LogP contribution is 2.05. The molecule has 0 atom stereocenters. The number of carbonyl (C=O) groups excluding carboxylic acids is 1. The second kappa shape index (κ2) is 5.34. The van der Waals surface area contributed by atoms with Crippen molar-refractivity contribution in [2.45, 2.75) is 20.3 Å². The maximum Gasteiger partial charge on any atom is 0.330 e. The molecule has 0 spiro atoms. The van der Waals surface area contributed by atoms with Gasteiger partial charge in [0.2, 0.25) is 0 Å². The van der Waals surface area contributed by atoms with Gasteiger partial charge in [-0.3, -0.25) is 0 Å². The Morgan fingerprint density at radius 3 is 2.87 bits per heavy atom. The summed E-state index contributed by atoms with van der Waals surface area (Å²) in [5.74, 6) is 0.676. The lowest BCUT2D eigenvalue weighted by atomic mass is 10.4. The lowest BCUT2D eigenvalue weighted by Gasteiger charge is -1.99. The number of nitrogens with zero attached hydrogens (tertiary/aromatic N) is 2. The Morgan fingerprint density at radius 1 is 1.60 bits per heavy atom. The summed E-state index contributed by atoms with van der Waals surface area (Å²) in [5, 5.41) is 0. The van der Waals surface area contributed by atoms with E-state index in [0.717, 1.165) is 17.9 Å². The molecule has 0 bridgehead atoms. The number of esters is 1. The lowest BCUT2D eigenvalue weighted by Crippen LogP contribution is -2.00. The van der Waals surface area contributed by atoms with Crippen molar-refractivity contribution in [3.8, 4) is 0 Å². The zero-order valence-electron chi connectivity index (χ0n) is 9.36. The fraction of sp³-hybridized carbons (Fsp3) is 0.455. The van der Waals surface area contributed by atoms with Gasteiger partial charge in [0.15, 0.2) is 0 Å². The van der Waals surface area contributed by atoms with Gasteiger partial charge in [-0.1, -0.05) is 6.92 Å². The van der Waals surface area contributed by atoms with Gasteiger partial charge in [-0.15, -0.1) is 0 Å². The zero-order valence-corrected chi connectivity index (χ0v) is 9.36. The topological polar surface area (TPSA) is 44.1 Å². The Morgan fingerprint density at radius 2 is 2.33 bits per heavy atom. The van der Waals surface area contributed by atoms with Crippen molar-refractivity contribution < 1.29 is 9.53 Å². The Bertz CT molecular complexity index is 367. The maximum atomic E-state index is 11.1. The summed E-state index contributed by atoms with van der Waals surface area (Å²) >= 11 is 0. The van der Waals surface area contributed by atoms with Gasteiger partial charge in [0.05, 0.1) is 18.5 Å². The molecule has 1 rings (SSSR count). The van der Waals surface area contributed by atoms with Gasteiger partial charge in [0, 0.05) is 19.5 Å². The van der Waals surface area contributed by atoms with Crippen molar-refractivity contribution >= 4 is 12.0 Å². The number of ether oxygens (including phenoxy) is 1. The van der Waals surface area contributed by atoms with E-state index in [2.05, 4.69) is 4.98 Å². The molecule has 0 unspecified atom stereocenters. The van der Waals surface area contributed by atoms with E-state index in [1.807, 2.05) is 18.5 Å². The predicted octanol–water partition coefficient (Wildman–Crippen LogP) is 1.56. The summed E-state index contributed by atoms with van der Waals surface area (Å²) in [6.07, 6.45) is 5.75. The van der Waals surface area contributed by atoms with Gasteiger partial charge < -0.3 is 9.30 Å². The van der Waals surface area contributed by atoms with E-state index in [1.54, 1.807) is 19.2 Å². The third-order valence-corrected chi connectivity index (χ3v) is 2.11. The average molecular weight is 208 g/mol. The first-order valence-electron chi connectivity index (χ1n) is 5.04. The SMILES string of the molecule is CCOC(=O)C=Cc1cnc(CC)n1C. The van der Waals surface area contributed by atoms with Crippen LogP contribution >= 0.6 is 0 Å². The summed E-state index contributed by atoms with van der Waals surface area (Å²) < 4.78 is 6.74. The van der Waals surface area contributed by atoms with Crippen molar-refractivity contribution in [2.75, 3.05) is 6.61 Å². The highest BCUT2D eigenvalue weighted by molar-refractivity contribution is 5.86. The first-order chi connectivity index (χ1) is 7.19. The molecule has 1 heterocycles. The highest BCUT2D eigenvalue weighted by Gasteiger charge is 2.02. The molecule has 0 saturated heterocycles. The molecule has 0 saturated carbocycles. The molecule has 1 aromatic rings. The third kappa shape index (κ3) is 2.94. The number of carbonyl (C=O) groups is 1. The zero-order chi connectivity index (χ0) is 11.3. The number of hydrogen-bond acceptors (Lipinski definition) is 3. The standard InChI is InChI=1S/C11H16N2O2/c1-4-10-12-8-9(13(10)3)6-7-11(14)15-5-2/h6-8H,4-5H2,1-3H3. The molecule has 0 aliphatic heterocycles.